The molecule has 2 aliphatic rings. The highest BCUT2D eigenvalue weighted by molar-refractivity contribution is 5.68. The molecule has 0 unspecified atom stereocenters. The number of pyridine rings is 1. The molecule has 0 atom stereocenters. The fourth-order valence-electron chi connectivity index (χ4n) is 2.52. The lowest BCUT2D eigenvalue weighted by atomic mass is 10.1. The predicted octanol–water partition coefficient (Wildman–Crippen LogP) is 1.74. The van der Waals surface area contributed by atoms with Gasteiger partial charge in [0, 0.05) is 31.4 Å². The summed E-state index contributed by atoms with van der Waals surface area (Å²) in [5.74, 6) is 0.605. The Morgan fingerprint density at radius 2 is 2.18 bits per heavy atom. The van der Waals surface area contributed by atoms with Crippen LogP contribution in [0, 0.1) is 0 Å². The largest absolute Gasteiger partial charge is 0.443 e. The third-order valence-corrected chi connectivity index (χ3v) is 4.09. The van der Waals surface area contributed by atoms with Gasteiger partial charge in [0.1, 0.15) is 6.61 Å². The van der Waals surface area contributed by atoms with E-state index in [1.807, 2.05) is 29.1 Å². The van der Waals surface area contributed by atoms with Crippen molar-refractivity contribution in [2.24, 2.45) is 0 Å². The first-order valence-electron chi connectivity index (χ1n) is 7.53. The van der Waals surface area contributed by atoms with Gasteiger partial charge in [0.25, 0.3) is 0 Å². The summed E-state index contributed by atoms with van der Waals surface area (Å²) in [6.07, 6.45) is 5.83. The zero-order chi connectivity index (χ0) is 14.9. The molecule has 0 N–H and O–H groups in total. The second-order valence-corrected chi connectivity index (χ2v) is 5.83. The molecule has 1 saturated heterocycles. The van der Waals surface area contributed by atoms with Crippen molar-refractivity contribution in [1.29, 1.82) is 0 Å². The lowest BCUT2D eigenvalue weighted by Gasteiger charge is -2.37. The van der Waals surface area contributed by atoms with Crippen LogP contribution in [0.1, 0.15) is 36.2 Å². The number of carbonyl (C=O) groups excluding carboxylic acids is 1. The van der Waals surface area contributed by atoms with Gasteiger partial charge in [0.05, 0.1) is 17.4 Å². The first kappa shape index (κ1) is 13.2. The molecule has 0 radical (unpaired) electrons. The van der Waals surface area contributed by atoms with Crippen LogP contribution in [0.25, 0.3) is 0 Å². The van der Waals surface area contributed by atoms with E-state index < -0.39 is 0 Å². The summed E-state index contributed by atoms with van der Waals surface area (Å²) in [5.41, 5.74) is 1.83. The van der Waals surface area contributed by atoms with E-state index in [0.717, 1.165) is 11.4 Å². The van der Waals surface area contributed by atoms with Gasteiger partial charge in [0.2, 0.25) is 0 Å². The number of amides is 1. The molecule has 4 rings (SSSR count). The van der Waals surface area contributed by atoms with Crippen LogP contribution in [0.4, 0.5) is 4.79 Å². The lowest BCUT2D eigenvalue weighted by molar-refractivity contribution is 0.0485. The number of hydrogen-bond donors (Lipinski definition) is 0. The molecule has 3 heterocycles. The second-order valence-electron chi connectivity index (χ2n) is 5.83. The number of carbonyl (C=O) groups is 1. The summed E-state index contributed by atoms with van der Waals surface area (Å²) >= 11 is 0. The van der Waals surface area contributed by atoms with Crippen molar-refractivity contribution in [1.82, 2.24) is 24.9 Å². The van der Waals surface area contributed by atoms with Crippen LogP contribution >= 0.6 is 0 Å². The number of likely N-dealkylation sites (tertiary alicyclic amines) is 1. The highest BCUT2D eigenvalue weighted by Crippen LogP contribution is 2.39. The molecule has 2 aromatic rings. The summed E-state index contributed by atoms with van der Waals surface area (Å²) in [7, 11) is 0. The molecule has 1 aliphatic carbocycles. The Morgan fingerprint density at radius 1 is 1.32 bits per heavy atom. The first-order valence-corrected chi connectivity index (χ1v) is 7.53. The van der Waals surface area contributed by atoms with Gasteiger partial charge < -0.3 is 9.64 Å². The zero-order valence-corrected chi connectivity index (χ0v) is 12.1. The second kappa shape index (κ2) is 5.40. The monoisotopic (exact) mass is 299 g/mol. The van der Waals surface area contributed by atoms with E-state index in [4.69, 9.17) is 4.74 Å². The molecule has 2 fully saturated rings. The van der Waals surface area contributed by atoms with Crippen LogP contribution in [0.5, 0.6) is 0 Å². The highest BCUT2D eigenvalue weighted by atomic mass is 16.6. The average Bonchev–Trinajstić information content (AvgIpc) is 3.24. The third-order valence-electron chi connectivity index (χ3n) is 4.09. The van der Waals surface area contributed by atoms with E-state index >= 15 is 0 Å². The van der Waals surface area contributed by atoms with Crippen LogP contribution in [0.2, 0.25) is 0 Å². The fraction of sp³-hybridized carbons (Fsp3) is 0.467. The zero-order valence-electron chi connectivity index (χ0n) is 12.1. The average molecular weight is 299 g/mol. The molecular weight excluding hydrogens is 282 g/mol. The number of hydrogen-bond acceptors (Lipinski definition) is 5. The smallest absolute Gasteiger partial charge is 0.410 e. The molecule has 114 valence electrons. The third kappa shape index (κ3) is 2.66. The summed E-state index contributed by atoms with van der Waals surface area (Å²) in [5, 5.41) is 8.36. The van der Waals surface area contributed by atoms with E-state index in [1.165, 1.54) is 12.8 Å². The minimum absolute atomic E-state index is 0.204. The van der Waals surface area contributed by atoms with Crippen LogP contribution in [-0.2, 0) is 11.3 Å². The van der Waals surface area contributed by atoms with Gasteiger partial charge in [-0.05, 0) is 25.0 Å². The summed E-state index contributed by atoms with van der Waals surface area (Å²) in [6, 6.07) is 5.75. The van der Waals surface area contributed by atoms with Crippen LogP contribution in [0.3, 0.4) is 0 Å². The van der Waals surface area contributed by atoms with E-state index in [1.54, 1.807) is 11.1 Å². The standard InChI is InChI=1S/C15H17N5O2/c21-15(22-10-12-3-1-2-6-16-12)19-7-13(8-19)20-9-14(17-18-20)11-4-5-11/h1-3,6,9,11,13H,4-5,7-8,10H2. The minimum Gasteiger partial charge on any atom is -0.443 e. The Bertz CT molecular complexity index is 662. The van der Waals surface area contributed by atoms with Crippen molar-refractivity contribution >= 4 is 6.09 Å². The number of nitrogens with zero attached hydrogens (tertiary/aromatic N) is 5. The Labute approximate surface area is 127 Å². The normalized spacial score (nSPS) is 18.1. The van der Waals surface area contributed by atoms with Gasteiger partial charge in [-0.3, -0.25) is 4.98 Å². The van der Waals surface area contributed by atoms with Gasteiger partial charge in [-0.25, -0.2) is 9.48 Å². The quantitative estimate of drug-likeness (QED) is 0.860. The van der Waals surface area contributed by atoms with Crippen molar-refractivity contribution in [3.05, 3.63) is 42.0 Å². The molecule has 2 aromatic heterocycles. The van der Waals surface area contributed by atoms with Crippen molar-refractivity contribution in [2.75, 3.05) is 13.1 Å². The van der Waals surface area contributed by atoms with E-state index in [0.29, 0.717) is 19.0 Å². The number of ether oxygens (including phenoxy) is 1. The van der Waals surface area contributed by atoms with Crippen LogP contribution in [0.15, 0.2) is 30.6 Å². The molecule has 7 heteroatoms. The summed E-state index contributed by atoms with van der Waals surface area (Å²) in [6.45, 7) is 1.44. The van der Waals surface area contributed by atoms with Gasteiger partial charge in [-0.1, -0.05) is 11.3 Å². The molecule has 0 aromatic carbocycles. The maximum Gasteiger partial charge on any atom is 0.410 e. The maximum absolute atomic E-state index is 11.9. The molecule has 7 nitrogen and oxygen atoms in total. The Balaban J connectivity index is 1.26. The lowest BCUT2D eigenvalue weighted by Crippen LogP contribution is -2.51. The Morgan fingerprint density at radius 3 is 2.91 bits per heavy atom. The Kier molecular flexibility index (Phi) is 3.25. The van der Waals surface area contributed by atoms with Crippen LogP contribution in [-0.4, -0.2) is 44.1 Å². The molecular formula is C15H17N5O2. The minimum atomic E-state index is -0.301. The molecule has 0 spiro atoms. The van der Waals surface area contributed by atoms with Gasteiger partial charge in [-0.2, -0.15) is 0 Å². The molecule has 1 saturated carbocycles. The summed E-state index contributed by atoms with van der Waals surface area (Å²) in [4.78, 5) is 17.7. The fourth-order valence-corrected chi connectivity index (χ4v) is 2.52. The van der Waals surface area contributed by atoms with E-state index in [2.05, 4.69) is 15.3 Å². The van der Waals surface area contributed by atoms with Crippen molar-refractivity contribution in [3.8, 4) is 0 Å². The van der Waals surface area contributed by atoms with E-state index in [9.17, 15) is 4.79 Å². The first-order chi connectivity index (χ1) is 10.8. The topological polar surface area (TPSA) is 73.1 Å². The van der Waals surface area contributed by atoms with Crippen molar-refractivity contribution in [2.45, 2.75) is 31.4 Å². The number of aromatic nitrogens is 4. The SMILES string of the molecule is O=C(OCc1ccccn1)N1CC(n2cc(C3CC3)nn2)C1. The van der Waals surface area contributed by atoms with Gasteiger partial charge in [-0.15, -0.1) is 5.10 Å². The van der Waals surface area contributed by atoms with Crippen molar-refractivity contribution < 1.29 is 9.53 Å². The van der Waals surface area contributed by atoms with Crippen LogP contribution < -0.4 is 0 Å². The molecule has 0 bridgehead atoms. The highest BCUT2D eigenvalue weighted by Gasteiger charge is 2.35. The van der Waals surface area contributed by atoms with Gasteiger partial charge >= 0.3 is 6.09 Å². The summed E-state index contributed by atoms with van der Waals surface area (Å²) < 4.78 is 7.12. The number of rotatable bonds is 4. The molecule has 22 heavy (non-hydrogen) atoms. The molecule has 1 amide bonds. The maximum atomic E-state index is 11.9. The van der Waals surface area contributed by atoms with Crippen molar-refractivity contribution in [3.63, 3.8) is 0 Å². The van der Waals surface area contributed by atoms with Gasteiger partial charge in [0.15, 0.2) is 0 Å². The predicted molar refractivity (Wildman–Crippen MR) is 77.0 cm³/mol. The molecule has 1 aliphatic heterocycles. The Hall–Kier alpha value is -2.44. The van der Waals surface area contributed by atoms with E-state index in [-0.39, 0.29) is 18.7 Å².